The number of nitrogens with one attached hydrogen (secondary N) is 1. The molecule has 10 nitrogen and oxygen atoms in total. The lowest BCUT2D eigenvalue weighted by Gasteiger charge is -2.29. The Morgan fingerprint density at radius 2 is 1.73 bits per heavy atom. The molecule has 2 atom stereocenters. The zero-order valence-electron chi connectivity index (χ0n) is 19.9. The molecule has 0 spiro atoms. The van der Waals surface area contributed by atoms with Crippen molar-refractivity contribution < 1.29 is 16.8 Å². The fraction of sp³-hybridized carbons (Fsp3) is 0.280. The topological polar surface area (TPSA) is 123 Å². The van der Waals surface area contributed by atoms with Gasteiger partial charge in [0.05, 0.1) is 46.2 Å². The van der Waals surface area contributed by atoms with Crippen LogP contribution in [-0.4, -0.2) is 48.2 Å². The second-order valence-electron chi connectivity index (χ2n) is 9.53. The Morgan fingerprint density at radius 1 is 1.00 bits per heavy atom. The van der Waals surface area contributed by atoms with Crippen LogP contribution in [0.25, 0.3) is 16.6 Å². The summed E-state index contributed by atoms with van der Waals surface area (Å²) in [7, 11) is -5.80. The maximum atomic E-state index is 13.5. The third-order valence-corrected chi connectivity index (χ3v) is 10.7. The first kappa shape index (κ1) is 23.9. The summed E-state index contributed by atoms with van der Waals surface area (Å²) < 4.78 is 59.7. The molecule has 37 heavy (non-hydrogen) atoms. The second kappa shape index (κ2) is 8.54. The highest BCUT2D eigenvalue weighted by atomic mass is 32.2. The molecule has 12 heteroatoms. The molecule has 0 bridgehead atoms. The maximum Gasteiger partial charge on any atom is 0.250 e. The van der Waals surface area contributed by atoms with E-state index in [1.165, 1.54) is 14.9 Å². The van der Waals surface area contributed by atoms with Crippen LogP contribution in [0.1, 0.15) is 24.4 Å². The molecule has 1 aliphatic carbocycles. The van der Waals surface area contributed by atoms with E-state index < -0.39 is 37.4 Å². The van der Waals surface area contributed by atoms with E-state index in [0.717, 1.165) is 5.52 Å². The van der Waals surface area contributed by atoms with E-state index in [-0.39, 0.29) is 11.3 Å². The lowest BCUT2D eigenvalue weighted by molar-refractivity contribution is 0.535. The van der Waals surface area contributed by atoms with Gasteiger partial charge in [-0.2, -0.15) is 5.10 Å². The van der Waals surface area contributed by atoms with Crippen molar-refractivity contribution in [3.63, 3.8) is 0 Å². The summed E-state index contributed by atoms with van der Waals surface area (Å²) in [6.45, 7) is 0. The van der Waals surface area contributed by atoms with Crippen molar-refractivity contribution in [1.82, 2.24) is 19.1 Å². The summed E-state index contributed by atoms with van der Waals surface area (Å²) >= 11 is 0. The standard InChI is InChI=1S/C25H25N5O5S2/c1-28-15-20(8-12-24(28)31)29-23-11-7-19(13-18(23)14-26-29)30-25(17-5-3-2-4-6-17)22(16-36(30,32)33)27-37(34,35)21-9-10-21/h2-8,11-15,21-22,25,27H,9-10,16H2,1H3/t22-,25?/m0/s1. The van der Waals surface area contributed by atoms with Gasteiger partial charge < -0.3 is 4.57 Å². The van der Waals surface area contributed by atoms with Crippen LogP contribution in [0.15, 0.2) is 77.9 Å². The molecule has 0 amide bonds. The summed E-state index contributed by atoms with van der Waals surface area (Å²) in [5, 5.41) is 4.70. The van der Waals surface area contributed by atoms with Crippen molar-refractivity contribution in [1.29, 1.82) is 0 Å². The van der Waals surface area contributed by atoms with Gasteiger partial charge in [0.1, 0.15) is 0 Å². The van der Waals surface area contributed by atoms with Gasteiger partial charge in [-0.15, -0.1) is 0 Å². The van der Waals surface area contributed by atoms with E-state index in [1.54, 1.807) is 48.4 Å². The molecule has 0 radical (unpaired) electrons. The predicted molar refractivity (Wildman–Crippen MR) is 141 cm³/mol. The molecule has 6 rings (SSSR count). The average Bonchev–Trinajstić information content (AvgIpc) is 3.59. The predicted octanol–water partition coefficient (Wildman–Crippen LogP) is 2.07. The fourth-order valence-corrected chi connectivity index (χ4v) is 8.54. The molecular weight excluding hydrogens is 514 g/mol. The van der Waals surface area contributed by atoms with Crippen molar-refractivity contribution in [2.75, 3.05) is 10.1 Å². The van der Waals surface area contributed by atoms with Crippen LogP contribution in [0.2, 0.25) is 0 Å². The van der Waals surface area contributed by atoms with Gasteiger partial charge in [0.25, 0.3) is 0 Å². The second-order valence-corrected chi connectivity index (χ2v) is 13.4. The molecule has 4 aromatic rings. The average molecular weight is 540 g/mol. The summed E-state index contributed by atoms with van der Waals surface area (Å²) in [5.74, 6) is -0.339. The molecule has 3 heterocycles. The molecular formula is C25H25N5O5S2. The molecule has 192 valence electrons. The SMILES string of the molecule is Cn1cc(-n2ncc3cc(N4C(c5ccccc5)[C@@H](NS(=O)(=O)C5CC5)CS4(=O)=O)ccc32)ccc1=O. The third kappa shape index (κ3) is 4.24. The van der Waals surface area contributed by atoms with Crippen LogP contribution in [0.4, 0.5) is 5.69 Å². The summed E-state index contributed by atoms with van der Waals surface area (Å²) in [4.78, 5) is 11.8. The third-order valence-electron chi connectivity index (χ3n) is 6.86. The fourth-order valence-electron chi connectivity index (χ4n) is 4.93. The zero-order valence-corrected chi connectivity index (χ0v) is 21.6. The number of fused-ring (bicyclic) bond motifs is 1. The van der Waals surface area contributed by atoms with Crippen molar-refractivity contribution in [3.05, 3.63) is 89.0 Å². The van der Waals surface area contributed by atoms with Gasteiger partial charge in [-0.1, -0.05) is 30.3 Å². The van der Waals surface area contributed by atoms with Crippen LogP contribution >= 0.6 is 0 Å². The maximum absolute atomic E-state index is 13.5. The molecule has 1 saturated heterocycles. The molecule has 2 aliphatic rings. The minimum absolute atomic E-state index is 0.138. The van der Waals surface area contributed by atoms with Gasteiger partial charge in [-0.3, -0.25) is 9.10 Å². The molecule has 1 aliphatic heterocycles. The summed E-state index contributed by atoms with van der Waals surface area (Å²) in [6.07, 6.45) is 4.49. The van der Waals surface area contributed by atoms with Crippen molar-refractivity contribution in [2.45, 2.75) is 30.2 Å². The normalized spacial score (nSPS) is 21.5. The number of hydrogen-bond donors (Lipinski definition) is 1. The number of aryl methyl sites for hydroxylation is 1. The first-order valence-corrected chi connectivity index (χ1v) is 15.0. The number of pyridine rings is 1. The van der Waals surface area contributed by atoms with Gasteiger partial charge >= 0.3 is 0 Å². The molecule has 2 aromatic carbocycles. The lowest BCUT2D eigenvalue weighted by Crippen LogP contribution is -2.42. The molecule has 1 unspecified atom stereocenters. The summed E-state index contributed by atoms with van der Waals surface area (Å²) in [6, 6.07) is 15.9. The monoisotopic (exact) mass is 539 g/mol. The Bertz CT molecular complexity index is 1780. The van der Waals surface area contributed by atoms with Crippen LogP contribution in [0.5, 0.6) is 0 Å². The van der Waals surface area contributed by atoms with Gasteiger partial charge in [0.15, 0.2) is 0 Å². The minimum Gasteiger partial charge on any atom is -0.316 e. The lowest BCUT2D eigenvalue weighted by atomic mass is 10.0. The quantitative estimate of drug-likeness (QED) is 0.400. The molecule has 1 saturated carbocycles. The van der Waals surface area contributed by atoms with E-state index in [4.69, 9.17) is 0 Å². The van der Waals surface area contributed by atoms with Crippen LogP contribution in [0, 0.1) is 0 Å². The number of rotatable bonds is 6. The number of anilines is 1. The van der Waals surface area contributed by atoms with Crippen LogP contribution in [0.3, 0.4) is 0 Å². The Morgan fingerprint density at radius 3 is 2.43 bits per heavy atom. The van der Waals surface area contributed by atoms with E-state index >= 15 is 0 Å². The summed E-state index contributed by atoms with van der Waals surface area (Å²) in [5.41, 5.74) is 2.42. The highest BCUT2D eigenvalue weighted by Crippen LogP contribution is 2.41. The van der Waals surface area contributed by atoms with Crippen molar-refractivity contribution >= 4 is 36.6 Å². The number of benzene rings is 2. The van der Waals surface area contributed by atoms with Crippen molar-refractivity contribution in [3.8, 4) is 5.69 Å². The highest BCUT2D eigenvalue weighted by Gasteiger charge is 2.49. The van der Waals surface area contributed by atoms with E-state index in [0.29, 0.717) is 35.2 Å². The minimum atomic E-state index is -3.85. The van der Waals surface area contributed by atoms with Gasteiger partial charge in [0, 0.05) is 24.7 Å². The Hall–Kier alpha value is -3.48. The Kier molecular flexibility index (Phi) is 5.51. The number of aromatic nitrogens is 3. The van der Waals surface area contributed by atoms with Crippen LogP contribution < -0.4 is 14.6 Å². The zero-order chi connectivity index (χ0) is 25.9. The van der Waals surface area contributed by atoms with Gasteiger partial charge in [-0.05, 0) is 42.7 Å². The largest absolute Gasteiger partial charge is 0.316 e. The van der Waals surface area contributed by atoms with E-state index in [1.807, 2.05) is 30.3 Å². The first-order valence-electron chi connectivity index (χ1n) is 11.9. The molecule has 2 fully saturated rings. The van der Waals surface area contributed by atoms with Crippen LogP contribution in [-0.2, 0) is 27.1 Å². The Balaban J connectivity index is 1.43. The van der Waals surface area contributed by atoms with Crippen molar-refractivity contribution in [2.24, 2.45) is 7.05 Å². The smallest absolute Gasteiger partial charge is 0.250 e. The van der Waals surface area contributed by atoms with Gasteiger partial charge in [-0.25, -0.2) is 26.2 Å². The Labute approximate surface area is 214 Å². The highest BCUT2D eigenvalue weighted by molar-refractivity contribution is 7.93. The number of nitrogens with zero attached hydrogens (tertiary/aromatic N) is 4. The number of hydrogen-bond acceptors (Lipinski definition) is 6. The van der Waals surface area contributed by atoms with E-state index in [9.17, 15) is 21.6 Å². The van der Waals surface area contributed by atoms with Gasteiger partial charge in [0.2, 0.25) is 25.6 Å². The molecule has 2 aromatic heterocycles. The molecule has 1 N–H and O–H groups in total. The first-order chi connectivity index (χ1) is 17.6. The van der Waals surface area contributed by atoms with E-state index in [2.05, 4.69) is 9.82 Å². The number of sulfonamides is 2.